The van der Waals surface area contributed by atoms with Gasteiger partial charge in [-0.1, -0.05) is 18.2 Å². The Bertz CT molecular complexity index is 1130. The number of rotatable bonds is 6. The van der Waals surface area contributed by atoms with Crippen LogP contribution in [0.5, 0.6) is 5.75 Å². The Balaban J connectivity index is 1.77. The van der Waals surface area contributed by atoms with Gasteiger partial charge in [0.25, 0.3) is 10.0 Å². The fourth-order valence-corrected chi connectivity index (χ4v) is 3.34. The number of benzene rings is 3. The first-order valence-electron chi connectivity index (χ1n) is 8.01. The minimum atomic E-state index is -3.73. The molecular formula is C19H15N3O5S. The van der Waals surface area contributed by atoms with E-state index in [-0.39, 0.29) is 21.9 Å². The van der Waals surface area contributed by atoms with Crippen LogP contribution >= 0.6 is 0 Å². The van der Waals surface area contributed by atoms with E-state index in [1.165, 1.54) is 42.5 Å². The lowest BCUT2D eigenvalue weighted by Crippen LogP contribution is -2.12. The van der Waals surface area contributed by atoms with Crippen molar-refractivity contribution in [3.05, 3.63) is 78.4 Å². The molecule has 8 nitrogen and oxygen atoms in total. The highest BCUT2D eigenvalue weighted by Crippen LogP contribution is 2.26. The molecule has 3 rings (SSSR count). The number of para-hydroxylation sites is 1. The predicted octanol–water partition coefficient (Wildman–Crippen LogP) is 4.31. The molecule has 0 radical (unpaired) electrons. The lowest BCUT2D eigenvalue weighted by molar-refractivity contribution is 0.0693. The zero-order chi connectivity index (χ0) is 20.1. The van der Waals surface area contributed by atoms with Crippen molar-refractivity contribution in [2.24, 2.45) is 10.2 Å². The molecule has 0 amide bonds. The molecule has 28 heavy (non-hydrogen) atoms. The molecule has 0 aliphatic rings. The Kier molecular flexibility index (Phi) is 5.37. The number of aromatic carboxylic acids is 1. The molecule has 9 heteroatoms. The van der Waals surface area contributed by atoms with Gasteiger partial charge in [0.15, 0.2) is 0 Å². The van der Waals surface area contributed by atoms with E-state index in [2.05, 4.69) is 15.0 Å². The molecule has 3 aromatic carbocycles. The topological polar surface area (TPSA) is 128 Å². The van der Waals surface area contributed by atoms with Crippen LogP contribution in [0.4, 0.5) is 17.1 Å². The molecule has 0 unspecified atom stereocenters. The van der Waals surface area contributed by atoms with Gasteiger partial charge in [-0.05, 0) is 54.6 Å². The van der Waals surface area contributed by atoms with Gasteiger partial charge in [-0.2, -0.15) is 10.2 Å². The molecule has 3 N–H and O–H groups in total. The molecular weight excluding hydrogens is 382 g/mol. The second-order valence-corrected chi connectivity index (χ2v) is 7.35. The Morgan fingerprint density at radius 2 is 1.46 bits per heavy atom. The summed E-state index contributed by atoms with van der Waals surface area (Å²) in [5, 5.41) is 26.3. The number of aromatic hydroxyl groups is 1. The first-order chi connectivity index (χ1) is 13.3. The molecule has 0 bridgehead atoms. The van der Waals surface area contributed by atoms with Gasteiger partial charge in [-0.25, -0.2) is 13.2 Å². The number of sulfonamides is 1. The van der Waals surface area contributed by atoms with Crippen molar-refractivity contribution in [1.82, 2.24) is 0 Å². The summed E-state index contributed by atoms with van der Waals surface area (Å²) >= 11 is 0. The molecule has 142 valence electrons. The van der Waals surface area contributed by atoms with E-state index in [0.29, 0.717) is 11.4 Å². The highest BCUT2D eigenvalue weighted by atomic mass is 32.2. The minimum Gasteiger partial charge on any atom is -0.507 e. The Hall–Kier alpha value is -3.72. The Morgan fingerprint density at radius 1 is 0.857 bits per heavy atom. The summed E-state index contributed by atoms with van der Waals surface area (Å²) in [6.07, 6.45) is 0. The highest BCUT2D eigenvalue weighted by Gasteiger charge is 2.14. The van der Waals surface area contributed by atoms with E-state index in [1.54, 1.807) is 30.3 Å². The van der Waals surface area contributed by atoms with Crippen molar-refractivity contribution in [2.45, 2.75) is 4.90 Å². The van der Waals surface area contributed by atoms with Crippen LogP contribution in [0.15, 0.2) is 87.9 Å². The number of phenols is 1. The second kappa shape index (κ2) is 7.89. The summed E-state index contributed by atoms with van der Waals surface area (Å²) in [7, 11) is -3.73. The molecule has 0 heterocycles. The van der Waals surface area contributed by atoms with E-state index in [0.717, 1.165) is 0 Å². The maximum Gasteiger partial charge on any atom is 0.339 e. The molecule has 0 saturated heterocycles. The summed E-state index contributed by atoms with van der Waals surface area (Å²) in [5.74, 6) is -1.65. The number of carboxylic acid groups (broad SMARTS) is 1. The first kappa shape index (κ1) is 19.1. The predicted molar refractivity (Wildman–Crippen MR) is 103 cm³/mol. The third-order valence-electron chi connectivity index (χ3n) is 3.66. The van der Waals surface area contributed by atoms with Crippen LogP contribution in [-0.2, 0) is 10.0 Å². The summed E-state index contributed by atoms with van der Waals surface area (Å²) in [5.41, 5.74) is 0.777. The van der Waals surface area contributed by atoms with Crippen LogP contribution < -0.4 is 4.72 Å². The Morgan fingerprint density at radius 3 is 2.11 bits per heavy atom. The van der Waals surface area contributed by atoms with Crippen molar-refractivity contribution in [1.29, 1.82) is 0 Å². The largest absolute Gasteiger partial charge is 0.507 e. The summed E-state index contributed by atoms with van der Waals surface area (Å²) in [4.78, 5) is 11.1. The van der Waals surface area contributed by atoms with Gasteiger partial charge in [0, 0.05) is 5.69 Å². The van der Waals surface area contributed by atoms with Gasteiger partial charge in [0.1, 0.15) is 11.3 Å². The van der Waals surface area contributed by atoms with Gasteiger partial charge in [0.05, 0.1) is 16.3 Å². The normalized spacial score (nSPS) is 11.4. The number of carbonyl (C=O) groups is 1. The van der Waals surface area contributed by atoms with Crippen LogP contribution in [0.1, 0.15) is 10.4 Å². The van der Waals surface area contributed by atoms with Crippen molar-refractivity contribution in [2.75, 3.05) is 4.72 Å². The van der Waals surface area contributed by atoms with E-state index in [9.17, 15) is 18.3 Å². The maximum atomic E-state index is 12.4. The zero-order valence-corrected chi connectivity index (χ0v) is 15.2. The minimum absolute atomic E-state index is 0.0631. The van der Waals surface area contributed by atoms with Crippen molar-refractivity contribution in [3.63, 3.8) is 0 Å². The fourth-order valence-electron chi connectivity index (χ4n) is 2.29. The second-order valence-electron chi connectivity index (χ2n) is 5.67. The number of hydrogen-bond donors (Lipinski definition) is 3. The van der Waals surface area contributed by atoms with Crippen LogP contribution in [0.25, 0.3) is 0 Å². The molecule has 0 atom stereocenters. The monoisotopic (exact) mass is 397 g/mol. The fraction of sp³-hybridized carbons (Fsp3) is 0. The van der Waals surface area contributed by atoms with E-state index < -0.39 is 16.0 Å². The van der Waals surface area contributed by atoms with E-state index in [4.69, 9.17) is 5.11 Å². The van der Waals surface area contributed by atoms with E-state index in [1.807, 2.05) is 0 Å². The van der Waals surface area contributed by atoms with Gasteiger partial charge in [-0.15, -0.1) is 0 Å². The average Bonchev–Trinajstić information content (AvgIpc) is 2.68. The molecule has 0 saturated carbocycles. The highest BCUT2D eigenvalue weighted by molar-refractivity contribution is 7.92. The lowest BCUT2D eigenvalue weighted by Gasteiger charge is -2.07. The number of anilines is 1. The summed E-state index contributed by atoms with van der Waals surface area (Å²) in [6, 6.07) is 18.0. The number of carboxylic acids is 1. The summed E-state index contributed by atoms with van der Waals surface area (Å²) < 4.78 is 27.2. The SMILES string of the molecule is O=C(O)c1cc(/N=N/c2ccc(S(=O)(=O)Nc3ccccc3)cc2)ccc1O. The van der Waals surface area contributed by atoms with Gasteiger partial charge < -0.3 is 10.2 Å². The van der Waals surface area contributed by atoms with Crippen molar-refractivity contribution >= 4 is 33.1 Å². The average molecular weight is 397 g/mol. The maximum absolute atomic E-state index is 12.4. The molecule has 0 aromatic heterocycles. The molecule has 0 aliphatic heterocycles. The number of azo groups is 1. The number of hydrogen-bond acceptors (Lipinski definition) is 6. The van der Waals surface area contributed by atoms with E-state index >= 15 is 0 Å². The van der Waals surface area contributed by atoms with Crippen LogP contribution in [0.2, 0.25) is 0 Å². The molecule has 0 fully saturated rings. The standard InChI is InChI=1S/C19H15N3O5S/c23-18-11-8-15(12-17(18)19(24)25)21-20-13-6-9-16(10-7-13)28(26,27)22-14-4-2-1-3-5-14/h1-12,22-23H,(H,24,25)/b21-20+. The van der Waals surface area contributed by atoms with Crippen LogP contribution in [0, 0.1) is 0 Å². The Labute approximate surface area is 160 Å². The molecule has 3 aromatic rings. The van der Waals surface area contributed by atoms with Crippen LogP contribution in [-0.4, -0.2) is 24.6 Å². The van der Waals surface area contributed by atoms with Crippen molar-refractivity contribution in [3.8, 4) is 5.75 Å². The lowest BCUT2D eigenvalue weighted by atomic mass is 10.2. The third-order valence-corrected chi connectivity index (χ3v) is 5.06. The quantitative estimate of drug-likeness (QED) is 0.534. The first-order valence-corrected chi connectivity index (χ1v) is 9.49. The van der Waals surface area contributed by atoms with Crippen LogP contribution in [0.3, 0.4) is 0 Å². The zero-order valence-electron chi connectivity index (χ0n) is 14.4. The van der Waals surface area contributed by atoms with Gasteiger partial charge in [0.2, 0.25) is 0 Å². The van der Waals surface area contributed by atoms with Gasteiger partial charge >= 0.3 is 5.97 Å². The summed E-state index contributed by atoms with van der Waals surface area (Å²) in [6.45, 7) is 0. The third kappa shape index (κ3) is 4.51. The van der Waals surface area contributed by atoms with Gasteiger partial charge in [-0.3, -0.25) is 4.72 Å². The van der Waals surface area contributed by atoms with Crippen molar-refractivity contribution < 1.29 is 23.4 Å². The number of nitrogens with zero attached hydrogens (tertiary/aromatic N) is 2. The number of nitrogens with one attached hydrogen (secondary N) is 1. The molecule has 0 aliphatic carbocycles. The molecule has 0 spiro atoms. The smallest absolute Gasteiger partial charge is 0.339 e.